The van der Waals surface area contributed by atoms with Crippen molar-refractivity contribution in [3.63, 3.8) is 0 Å². The van der Waals surface area contributed by atoms with Crippen LogP contribution >= 0.6 is 0 Å². The Morgan fingerprint density at radius 2 is 1.92 bits per heavy atom. The summed E-state index contributed by atoms with van der Waals surface area (Å²) in [6.45, 7) is 0.133. The number of nitrogens with zero attached hydrogens (tertiary/aromatic N) is 1. The highest BCUT2D eigenvalue weighted by Gasteiger charge is 2.11. The number of nitrogens with one attached hydrogen (secondary N) is 1. The van der Waals surface area contributed by atoms with E-state index in [1.165, 1.54) is 6.07 Å². The van der Waals surface area contributed by atoms with E-state index < -0.39 is 0 Å². The Balaban J connectivity index is 1.60. The van der Waals surface area contributed by atoms with Crippen LogP contribution in [-0.4, -0.2) is 10.9 Å². The van der Waals surface area contributed by atoms with Crippen molar-refractivity contribution >= 4 is 27.8 Å². The molecule has 2 aromatic heterocycles. The Bertz CT molecular complexity index is 1060. The summed E-state index contributed by atoms with van der Waals surface area (Å²) in [7, 11) is 0. The molecule has 24 heavy (non-hydrogen) atoms. The predicted octanol–water partition coefficient (Wildman–Crippen LogP) is 4.05. The number of benzene rings is 2. The van der Waals surface area contributed by atoms with Gasteiger partial charge in [-0.3, -0.25) is 9.78 Å². The number of halogens is 1. The summed E-state index contributed by atoms with van der Waals surface area (Å²) in [6.07, 6.45) is 3.35. The number of fused-ring (bicyclic) bond motifs is 3. The average molecular weight is 320 g/mol. The normalized spacial score (nSPS) is 11.0. The average Bonchev–Trinajstić information content (AvgIpc) is 2.98. The fraction of sp³-hybridized carbons (Fsp3) is 0.0526. The van der Waals surface area contributed by atoms with Crippen LogP contribution in [-0.2, 0) is 6.54 Å². The van der Waals surface area contributed by atoms with Gasteiger partial charge in [-0.25, -0.2) is 4.39 Å². The van der Waals surface area contributed by atoms with E-state index in [9.17, 15) is 9.18 Å². The lowest BCUT2D eigenvalue weighted by atomic mass is 10.1. The zero-order valence-electron chi connectivity index (χ0n) is 12.6. The van der Waals surface area contributed by atoms with Gasteiger partial charge in [-0.2, -0.15) is 0 Å². The van der Waals surface area contributed by atoms with Crippen LogP contribution < -0.4 is 5.32 Å². The molecule has 0 radical (unpaired) electrons. The van der Waals surface area contributed by atoms with Gasteiger partial charge >= 0.3 is 0 Å². The highest BCUT2D eigenvalue weighted by molar-refractivity contribution is 6.07. The van der Waals surface area contributed by atoms with Crippen LogP contribution in [0.15, 0.2) is 65.3 Å². The molecule has 1 N–H and O–H groups in total. The second-order valence-electron chi connectivity index (χ2n) is 5.46. The largest absolute Gasteiger partial charge is 0.454 e. The number of pyridine rings is 1. The quantitative estimate of drug-likeness (QED) is 0.619. The Morgan fingerprint density at radius 3 is 2.79 bits per heavy atom. The summed E-state index contributed by atoms with van der Waals surface area (Å²) in [5.74, 6) is -0.614. The molecule has 5 heteroatoms. The van der Waals surface area contributed by atoms with Crippen molar-refractivity contribution in [3.8, 4) is 0 Å². The van der Waals surface area contributed by atoms with Gasteiger partial charge in [-0.15, -0.1) is 0 Å². The SMILES string of the molecule is O=C(NCc1ccccc1F)c1ccc2c(c1)oc1cnccc12. The molecule has 2 aromatic carbocycles. The van der Waals surface area contributed by atoms with E-state index in [0.717, 1.165) is 10.8 Å². The summed E-state index contributed by atoms with van der Waals surface area (Å²) in [5, 5.41) is 4.61. The summed E-state index contributed by atoms with van der Waals surface area (Å²) in [5.41, 5.74) is 2.21. The molecule has 0 aliphatic heterocycles. The third-order valence-corrected chi connectivity index (χ3v) is 3.94. The topological polar surface area (TPSA) is 55.1 Å². The van der Waals surface area contributed by atoms with Gasteiger partial charge < -0.3 is 9.73 Å². The number of furan rings is 1. The summed E-state index contributed by atoms with van der Waals surface area (Å²) in [6, 6.07) is 13.5. The lowest BCUT2D eigenvalue weighted by Crippen LogP contribution is -2.23. The maximum absolute atomic E-state index is 13.6. The minimum absolute atomic E-state index is 0.133. The van der Waals surface area contributed by atoms with Gasteiger partial charge in [0, 0.05) is 34.6 Å². The Morgan fingerprint density at radius 1 is 1.08 bits per heavy atom. The maximum Gasteiger partial charge on any atom is 0.251 e. The van der Waals surface area contributed by atoms with Crippen LogP contribution in [0.2, 0.25) is 0 Å². The van der Waals surface area contributed by atoms with Crippen LogP contribution in [0.3, 0.4) is 0 Å². The van der Waals surface area contributed by atoms with Crippen molar-refractivity contribution in [3.05, 3.63) is 77.9 Å². The summed E-state index contributed by atoms with van der Waals surface area (Å²) < 4.78 is 19.3. The first-order chi connectivity index (χ1) is 11.7. The van der Waals surface area contributed by atoms with Crippen molar-refractivity contribution in [2.75, 3.05) is 0 Å². The van der Waals surface area contributed by atoms with E-state index in [0.29, 0.717) is 22.3 Å². The Kier molecular flexibility index (Phi) is 3.46. The monoisotopic (exact) mass is 320 g/mol. The molecule has 0 atom stereocenters. The molecule has 0 saturated carbocycles. The molecule has 118 valence electrons. The van der Waals surface area contributed by atoms with E-state index in [1.807, 2.05) is 12.1 Å². The van der Waals surface area contributed by atoms with Gasteiger partial charge in [0.1, 0.15) is 11.4 Å². The molecular weight excluding hydrogens is 307 g/mol. The first-order valence-corrected chi connectivity index (χ1v) is 7.50. The number of hydrogen-bond donors (Lipinski definition) is 1. The Hall–Kier alpha value is -3.21. The third kappa shape index (κ3) is 2.50. The summed E-state index contributed by atoms with van der Waals surface area (Å²) >= 11 is 0. The van der Waals surface area contributed by atoms with Crippen LogP contribution in [0, 0.1) is 5.82 Å². The molecule has 4 nitrogen and oxygen atoms in total. The number of carbonyl (C=O) groups is 1. The molecule has 0 aliphatic carbocycles. The number of amides is 1. The number of aromatic nitrogens is 1. The fourth-order valence-corrected chi connectivity index (χ4v) is 2.69. The van der Waals surface area contributed by atoms with E-state index in [4.69, 9.17) is 4.42 Å². The minimum atomic E-state index is -0.335. The maximum atomic E-state index is 13.6. The molecular formula is C19H13FN2O2. The molecule has 4 rings (SSSR count). The van der Waals surface area contributed by atoms with Crippen molar-refractivity contribution in [1.82, 2.24) is 10.3 Å². The van der Waals surface area contributed by atoms with Crippen LogP contribution in [0.4, 0.5) is 4.39 Å². The van der Waals surface area contributed by atoms with Crippen molar-refractivity contribution in [2.45, 2.75) is 6.54 Å². The molecule has 0 fully saturated rings. The lowest BCUT2D eigenvalue weighted by molar-refractivity contribution is 0.0950. The minimum Gasteiger partial charge on any atom is -0.454 e. The second kappa shape index (κ2) is 5.77. The van der Waals surface area contributed by atoms with E-state index in [2.05, 4.69) is 10.3 Å². The van der Waals surface area contributed by atoms with Crippen LogP contribution in [0.1, 0.15) is 15.9 Å². The van der Waals surface area contributed by atoms with Crippen molar-refractivity contribution in [2.24, 2.45) is 0 Å². The Labute approximate surface area is 136 Å². The van der Waals surface area contributed by atoms with E-state index in [1.54, 1.807) is 42.7 Å². The fourth-order valence-electron chi connectivity index (χ4n) is 2.69. The van der Waals surface area contributed by atoms with Gasteiger partial charge in [0.25, 0.3) is 5.91 Å². The highest BCUT2D eigenvalue weighted by atomic mass is 19.1. The first kappa shape index (κ1) is 14.4. The van der Waals surface area contributed by atoms with Gasteiger partial charge in [0.15, 0.2) is 5.58 Å². The van der Waals surface area contributed by atoms with E-state index >= 15 is 0 Å². The zero-order valence-corrected chi connectivity index (χ0v) is 12.6. The summed E-state index contributed by atoms with van der Waals surface area (Å²) in [4.78, 5) is 16.3. The van der Waals surface area contributed by atoms with E-state index in [-0.39, 0.29) is 18.3 Å². The number of hydrogen-bond acceptors (Lipinski definition) is 3. The van der Waals surface area contributed by atoms with Crippen LogP contribution in [0.25, 0.3) is 21.9 Å². The highest BCUT2D eigenvalue weighted by Crippen LogP contribution is 2.28. The lowest BCUT2D eigenvalue weighted by Gasteiger charge is -2.06. The molecule has 2 heterocycles. The number of carbonyl (C=O) groups excluding carboxylic acids is 1. The number of rotatable bonds is 3. The molecule has 0 spiro atoms. The van der Waals surface area contributed by atoms with Crippen molar-refractivity contribution < 1.29 is 13.6 Å². The predicted molar refractivity (Wildman–Crippen MR) is 89.1 cm³/mol. The van der Waals surface area contributed by atoms with Crippen molar-refractivity contribution in [1.29, 1.82) is 0 Å². The molecule has 0 bridgehead atoms. The van der Waals surface area contributed by atoms with Gasteiger partial charge in [0.05, 0.1) is 6.20 Å². The molecule has 1 amide bonds. The molecule has 0 saturated heterocycles. The molecule has 4 aromatic rings. The smallest absolute Gasteiger partial charge is 0.251 e. The van der Waals surface area contributed by atoms with Gasteiger partial charge in [-0.1, -0.05) is 18.2 Å². The van der Waals surface area contributed by atoms with Gasteiger partial charge in [0.2, 0.25) is 0 Å². The first-order valence-electron chi connectivity index (χ1n) is 7.50. The standard InChI is InChI=1S/C19H13FN2O2/c20-16-4-2-1-3-13(16)10-22-19(23)12-5-6-14-15-7-8-21-11-18(15)24-17(14)9-12/h1-9,11H,10H2,(H,22,23). The molecule has 0 aliphatic rings. The van der Waals surface area contributed by atoms with Gasteiger partial charge in [-0.05, 0) is 30.3 Å². The third-order valence-electron chi connectivity index (χ3n) is 3.94. The van der Waals surface area contributed by atoms with Crippen LogP contribution in [0.5, 0.6) is 0 Å². The molecule has 0 unspecified atom stereocenters. The zero-order chi connectivity index (χ0) is 16.5. The second-order valence-corrected chi connectivity index (χ2v) is 5.46.